The van der Waals surface area contributed by atoms with Crippen LogP contribution < -0.4 is 0 Å². The molecule has 0 bridgehead atoms. The van der Waals surface area contributed by atoms with Crippen LogP contribution in [0.1, 0.15) is 69.2 Å². The van der Waals surface area contributed by atoms with Crippen molar-refractivity contribution < 1.29 is 0 Å². The van der Waals surface area contributed by atoms with Gasteiger partial charge in [0.15, 0.2) is 0 Å². The number of rotatable bonds is 10. The van der Waals surface area contributed by atoms with E-state index in [-0.39, 0.29) is 0 Å². The van der Waals surface area contributed by atoms with Crippen LogP contribution >= 0.6 is 0 Å². The molecule has 0 amide bonds. The molecule has 0 rings (SSSR count). The monoisotopic (exact) mass is 436 g/mol. The zero-order valence-electron chi connectivity index (χ0n) is 23.0. The summed E-state index contributed by atoms with van der Waals surface area (Å²) in [5, 5.41) is 0. The van der Waals surface area contributed by atoms with E-state index in [9.17, 15) is 0 Å². The smallest absolute Gasteiger partial charge is 0.0190 e. The molecule has 0 heteroatoms. The van der Waals surface area contributed by atoms with Gasteiger partial charge >= 0.3 is 0 Å². The lowest BCUT2D eigenvalue weighted by Gasteiger charge is -2.04. The average Bonchev–Trinajstić information content (AvgIpc) is 2.87. The summed E-state index contributed by atoms with van der Waals surface area (Å²) in [6.45, 7) is 39.3. The second kappa shape index (κ2) is 35.6. The Kier molecular flexibility index (Phi) is 44.0. The molecule has 0 fully saturated rings. The summed E-state index contributed by atoms with van der Waals surface area (Å²) < 4.78 is 0. The summed E-state index contributed by atoms with van der Waals surface area (Å²) in [7, 11) is 0. The van der Waals surface area contributed by atoms with Crippen molar-refractivity contribution >= 4 is 0 Å². The molecule has 0 unspecified atom stereocenters. The minimum absolute atomic E-state index is 0.965. The van der Waals surface area contributed by atoms with E-state index in [2.05, 4.69) is 52.0 Å². The Hall–Kier alpha value is -2.86. The molecule has 0 saturated carbocycles. The molecule has 0 aromatic heterocycles. The van der Waals surface area contributed by atoms with Crippen molar-refractivity contribution in [2.75, 3.05) is 0 Å². The van der Waals surface area contributed by atoms with Gasteiger partial charge in [0.2, 0.25) is 0 Å². The third kappa shape index (κ3) is 21.8. The predicted octanol–water partition coefficient (Wildman–Crippen LogP) is 11.2. The van der Waals surface area contributed by atoms with Crippen molar-refractivity contribution in [3.63, 3.8) is 0 Å². The van der Waals surface area contributed by atoms with Gasteiger partial charge < -0.3 is 0 Å². The molecule has 0 spiro atoms. The van der Waals surface area contributed by atoms with E-state index < -0.39 is 0 Å². The van der Waals surface area contributed by atoms with E-state index in [0.29, 0.717) is 0 Å². The molecule has 0 N–H and O–H groups in total. The first-order chi connectivity index (χ1) is 15.6. The fraction of sp³-hybridized carbons (Fsp3) is 0.312. The van der Waals surface area contributed by atoms with Crippen molar-refractivity contribution in [1.29, 1.82) is 0 Å². The highest BCUT2D eigenvalue weighted by molar-refractivity contribution is 5.53. The van der Waals surface area contributed by atoms with Crippen molar-refractivity contribution in [2.24, 2.45) is 0 Å². The van der Waals surface area contributed by atoms with Gasteiger partial charge in [-0.3, -0.25) is 0 Å². The standard InChI is InChI=1S/C24H28.4C2H6/c1-8-14-20(7)16-17-22(11-4)24(13-6)19-18-23(12-5)21(10-3)15-9-2;4*1-2/h8-19H,2-6H2,1,7H3;4*1-2H3/b14-8-,20-16-,21-15+,22-17+,23-18+,24-19+;;;;. The molecule has 0 nitrogen and oxygen atoms in total. The van der Waals surface area contributed by atoms with Crippen LogP contribution in [0.2, 0.25) is 0 Å². The minimum Gasteiger partial charge on any atom is -0.0990 e. The van der Waals surface area contributed by atoms with Crippen LogP contribution in [-0.4, -0.2) is 0 Å². The molecule has 0 radical (unpaired) electrons. The molecule has 32 heavy (non-hydrogen) atoms. The summed E-state index contributed by atoms with van der Waals surface area (Å²) >= 11 is 0. The topological polar surface area (TPSA) is 0 Å². The summed E-state index contributed by atoms with van der Waals surface area (Å²) in [6, 6.07) is 0. The lowest BCUT2D eigenvalue weighted by Crippen LogP contribution is -1.85. The first-order valence-electron chi connectivity index (χ1n) is 11.8. The van der Waals surface area contributed by atoms with E-state index >= 15 is 0 Å². The zero-order valence-corrected chi connectivity index (χ0v) is 23.0. The van der Waals surface area contributed by atoms with Crippen LogP contribution in [-0.2, 0) is 0 Å². The van der Waals surface area contributed by atoms with Gasteiger partial charge in [-0.2, -0.15) is 0 Å². The maximum absolute atomic E-state index is 3.90. The first-order valence-corrected chi connectivity index (χ1v) is 11.8. The van der Waals surface area contributed by atoms with E-state index in [1.165, 1.54) is 5.57 Å². The highest BCUT2D eigenvalue weighted by Gasteiger charge is 1.98. The van der Waals surface area contributed by atoms with Gasteiger partial charge in [0.05, 0.1) is 0 Å². The van der Waals surface area contributed by atoms with Gasteiger partial charge in [-0.25, -0.2) is 0 Å². The summed E-state index contributed by atoms with van der Waals surface area (Å²) in [6.07, 6.45) is 23.0. The Labute approximate surface area is 202 Å². The Morgan fingerprint density at radius 3 is 1.00 bits per heavy atom. The highest BCUT2D eigenvalue weighted by Crippen LogP contribution is 2.17. The number of hydrogen-bond acceptors (Lipinski definition) is 0. The largest absolute Gasteiger partial charge is 0.0990 e. The highest BCUT2D eigenvalue weighted by atomic mass is 14.0. The third-order valence-corrected chi connectivity index (χ3v) is 3.24. The summed E-state index contributed by atoms with van der Waals surface area (Å²) in [5.41, 5.74) is 5.09. The Balaban J connectivity index is -0.000000271. The van der Waals surface area contributed by atoms with Gasteiger partial charge in [0.1, 0.15) is 0 Å². The quantitative estimate of drug-likeness (QED) is 0.299. The van der Waals surface area contributed by atoms with Crippen molar-refractivity contribution in [1.82, 2.24) is 0 Å². The molecule has 0 aliphatic heterocycles. The molecular formula is C32H52. The van der Waals surface area contributed by atoms with Gasteiger partial charge in [-0.1, -0.05) is 167 Å². The Bertz CT molecular complexity index is 665. The second-order valence-electron chi connectivity index (χ2n) is 4.95. The van der Waals surface area contributed by atoms with E-state index in [0.717, 1.165) is 22.3 Å². The fourth-order valence-electron chi connectivity index (χ4n) is 1.97. The summed E-state index contributed by atoms with van der Waals surface area (Å²) in [4.78, 5) is 0. The second-order valence-corrected chi connectivity index (χ2v) is 4.95. The SMILES string of the molecule is C=C/C=C(C=C)/C(C=C)=C/C=C(C=C)/C(C=C)=C/C=C(C)\C=C/C.CC.CC.CC.CC. The van der Waals surface area contributed by atoms with Crippen LogP contribution in [0.3, 0.4) is 0 Å². The average molecular weight is 437 g/mol. The lowest BCUT2D eigenvalue weighted by molar-refractivity contribution is 1.47. The van der Waals surface area contributed by atoms with Gasteiger partial charge in [0, 0.05) is 0 Å². The molecular weight excluding hydrogens is 384 g/mol. The number of allylic oxidation sites excluding steroid dienone is 17. The molecule has 0 saturated heterocycles. The number of hydrogen-bond donors (Lipinski definition) is 0. The maximum atomic E-state index is 3.90. The molecule has 0 aliphatic rings. The van der Waals surface area contributed by atoms with Crippen molar-refractivity contribution in [3.05, 3.63) is 134 Å². The van der Waals surface area contributed by atoms with Gasteiger partial charge in [-0.15, -0.1) is 0 Å². The minimum atomic E-state index is 0.965. The van der Waals surface area contributed by atoms with Gasteiger partial charge in [0.25, 0.3) is 0 Å². The maximum Gasteiger partial charge on any atom is -0.0190 e. The van der Waals surface area contributed by atoms with Crippen molar-refractivity contribution in [3.8, 4) is 0 Å². The fourth-order valence-corrected chi connectivity index (χ4v) is 1.97. The molecule has 180 valence electrons. The van der Waals surface area contributed by atoms with Gasteiger partial charge in [-0.05, 0) is 36.1 Å². The Morgan fingerprint density at radius 2 is 0.750 bits per heavy atom. The van der Waals surface area contributed by atoms with Crippen molar-refractivity contribution in [2.45, 2.75) is 69.2 Å². The third-order valence-electron chi connectivity index (χ3n) is 3.24. The van der Waals surface area contributed by atoms with E-state index in [1.807, 2.05) is 105 Å². The normalized spacial score (nSPS) is 11.6. The van der Waals surface area contributed by atoms with E-state index in [4.69, 9.17) is 0 Å². The van der Waals surface area contributed by atoms with Crippen LogP contribution in [0.4, 0.5) is 0 Å². The first kappa shape index (κ1) is 39.6. The molecule has 0 heterocycles. The molecule has 0 atom stereocenters. The molecule has 0 aromatic carbocycles. The zero-order chi connectivity index (χ0) is 26.4. The van der Waals surface area contributed by atoms with Crippen LogP contribution in [0.15, 0.2) is 134 Å². The Morgan fingerprint density at radius 1 is 0.469 bits per heavy atom. The van der Waals surface area contributed by atoms with Crippen LogP contribution in [0.25, 0.3) is 0 Å². The summed E-state index contributed by atoms with van der Waals surface area (Å²) in [5.74, 6) is 0. The lowest BCUT2D eigenvalue weighted by atomic mass is 10.0. The predicted molar refractivity (Wildman–Crippen MR) is 157 cm³/mol. The molecule has 0 aromatic rings. The van der Waals surface area contributed by atoms with Crippen LogP contribution in [0, 0.1) is 0 Å². The molecule has 0 aliphatic carbocycles. The van der Waals surface area contributed by atoms with Crippen LogP contribution in [0.5, 0.6) is 0 Å². The van der Waals surface area contributed by atoms with E-state index in [1.54, 1.807) is 18.2 Å².